The third-order valence-electron chi connectivity index (χ3n) is 3.55. The molecule has 0 aliphatic carbocycles. The Labute approximate surface area is 107 Å². The number of ether oxygens (including phenoxy) is 1. The minimum atomic E-state index is 0.210. The van der Waals surface area contributed by atoms with Crippen molar-refractivity contribution in [2.75, 3.05) is 26.3 Å². The normalized spacial score (nSPS) is 24.9. The molecule has 0 amide bonds. The van der Waals surface area contributed by atoms with Crippen LogP contribution in [0.25, 0.3) is 0 Å². The number of hydrogen-bond acceptors (Lipinski definition) is 3. The molecule has 1 aliphatic rings. The van der Waals surface area contributed by atoms with Gasteiger partial charge in [0.2, 0.25) is 0 Å². The van der Waals surface area contributed by atoms with Gasteiger partial charge in [-0.05, 0) is 33.6 Å². The third kappa shape index (κ3) is 4.94. The van der Waals surface area contributed by atoms with Crippen molar-refractivity contribution in [2.24, 2.45) is 0 Å². The van der Waals surface area contributed by atoms with Crippen molar-refractivity contribution in [1.29, 1.82) is 0 Å². The van der Waals surface area contributed by atoms with Gasteiger partial charge in [-0.2, -0.15) is 0 Å². The van der Waals surface area contributed by atoms with Gasteiger partial charge in [-0.3, -0.25) is 4.90 Å². The zero-order valence-corrected chi connectivity index (χ0v) is 12.3. The second-order valence-corrected chi connectivity index (χ2v) is 6.07. The molecule has 1 N–H and O–H groups in total. The molecule has 0 aromatic rings. The van der Waals surface area contributed by atoms with Crippen molar-refractivity contribution < 1.29 is 4.74 Å². The lowest BCUT2D eigenvalue weighted by Crippen LogP contribution is -2.55. The van der Waals surface area contributed by atoms with Crippen LogP contribution in [0.3, 0.4) is 0 Å². The molecule has 1 rings (SSSR count). The molecule has 1 saturated heterocycles. The van der Waals surface area contributed by atoms with Crippen LogP contribution in [0.2, 0.25) is 0 Å². The Morgan fingerprint density at radius 3 is 2.59 bits per heavy atom. The molecular formula is C14H30N2O. The molecule has 102 valence electrons. The van der Waals surface area contributed by atoms with E-state index in [0.29, 0.717) is 12.1 Å². The van der Waals surface area contributed by atoms with E-state index in [1.165, 1.54) is 12.8 Å². The van der Waals surface area contributed by atoms with E-state index >= 15 is 0 Å². The second-order valence-electron chi connectivity index (χ2n) is 6.07. The van der Waals surface area contributed by atoms with Crippen molar-refractivity contribution in [3.63, 3.8) is 0 Å². The van der Waals surface area contributed by atoms with E-state index in [2.05, 4.69) is 44.8 Å². The highest BCUT2D eigenvalue weighted by atomic mass is 16.5. The first-order valence-electron chi connectivity index (χ1n) is 7.06. The summed E-state index contributed by atoms with van der Waals surface area (Å²) >= 11 is 0. The maximum Gasteiger partial charge on any atom is 0.0622 e. The molecule has 3 nitrogen and oxygen atoms in total. The highest BCUT2D eigenvalue weighted by Gasteiger charge is 2.27. The van der Waals surface area contributed by atoms with Gasteiger partial charge in [0.05, 0.1) is 13.2 Å². The van der Waals surface area contributed by atoms with Gasteiger partial charge in [-0.25, -0.2) is 0 Å². The van der Waals surface area contributed by atoms with Crippen molar-refractivity contribution in [3.05, 3.63) is 0 Å². The number of morpholine rings is 1. The quantitative estimate of drug-likeness (QED) is 0.800. The molecule has 1 aliphatic heterocycles. The minimum absolute atomic E-state index is 0.210. The molecule has 0 aromatic heterocycles. The largest absolute Gasteiger partial charge is 0.378 e. The summed E-state index contributed by atoms with van der Waals surface area (Å²) in [4.78, 5) is 2.64. The van der Waals surface area contributed by atoms with Crippen LogP contribution < -0.4 is 5.32 Å². The third-order valence-corrected chi connectivity index (χ3v) is 3.55. The maximum absolute atomic E-state index is 5.58. The molecule has 2 atom stereocenters. The van der Waals surface area contributed by atoms with Gasteiger partial charge in [-0.15, -0.1) is 0 Å². The average molecular weight is 242 g/mol. The molecule has 0 spiro atoms. The fourth-order valence-corrected chi connectivity index (χ4v) is 2.42. The lowest BCUT2D eigenvalue weighted by molar-refractivity contribution is -0.0313. The summed E-state index contributed by atoms with van der Waals surface area (Å²) in [6.07, 6.45) is 2.39. The van der Waals surface area contributed by atoms with Gasteiger partial charge in [0, 0.05) is 30.7 Å². The Bertz CT molecular complexity index is 213. The number of hydrogen-bond donors (Lipinski definition) is 1. The number of rotatable bonds is 5. The molecule has 0 radical (unpaired) electrons. The molecule has 0 bridgehead atoms. The molecule has 2 unspecified atom stereocenters. The first-order chi connectivity index (χ1) is 7.98. The standard InChI is InChI=1S/C14H30N2O/c1-6-12(10-15-14(3,4)5)16-8-9-17-11-13(16)7-2/h12-13,15H,6-11H2,1-5H3. The van der Waals surface area contributed by atoms with E-state index < -0.39 is 0 Å². The van der Waals surface area contributed by atoms with E-state index in [9.17, 15) is 0 Å². The molecular weight excluding hydrogens is 212 g/mol. The highest BCUT2D eigenvalue weighted by Crippen LogP contribution is 2.16. The number of nitrogens with zero attached hydrogens (tertiary/aromatic N) is 1. The second kappa shape index (κ2) is 6.72. The fraction of sp³-hybridized carbons (Fsp3) is 1.00. The predicted molar refractivity (Wildman–Crippen MR) is 73.4 cm³/mol. The molecule has 17 heavy (non-hydrogen) atoms. The van der Waals surface area contributed by atoms with Crippen LogP contribution in [-0.4, -0.2) is 48.8 Å². The topological polar surface area (TPSA) is 24.5 Å². The summed E-state index contributed by atoms with van der Waals surface area (Å²) in [5.74, 6) is 0. The smallest absolute Gasteiger partial charge is 0.0622 e. The Hall–Kier alpha value is -0.120. The monoisotopic (exact) mass is 242 g/mol. The molecule has 1 heterocycles. The number of nitrogens with one attached hydrogen (secondary N) is 1. The Morgan fingerprint density at radius 1 is 1.35 bits per heavy atom. The van der Waals surface area contributed by atoms with Crippen LogP contribution in [0.5, 0.6) is 0 Å². The lowest BCUT2D eigenvalue weighted by atomic mass is 10.0. The zero-order chi connectivity index (χ0) is 12.9. The van der Waals surface area contributed by atoms with Gasteiger partial charge in [0.25, 0.3) is 0 Å². The predicted octanol–water partition coefficient (Wildman–Crippen LogP) is 2.26. The van der Waals surface area contributed by atoms with Gasteiger partial charge < -0.3 is 10.1 Å². The van der Waals surface area contributed by atoms with E-state index in [1.807, 2.05) is 0 Å². The summed E-state index contributed by atoms with van der Waals surface area (Å²) in [6, 6.07) is 1.25. The summed E-state index contributed by atoms with van der Waals surface area (Å²) < 4.78 is 5.58. The highest BCUT2D eigenvalue weighted by molar-refractivity contribution is 4.84. The van der Waals surface area contributed by atoms with E-state index in [0.717, 1.165) is 26.3 Å². The first-order valence-corrected chi connectivity index (χ1v) is 7.06. The summed E-state index contributed by atoms with van der Waals surface area (Å²) in [7, 11) is 0. The molecule has 1 fully saturated rings. The zero-order valence-electron chi connectivity index (χ0n) is 12.3. The Balaban J connectivity index is 2.52. The molecule has 3 heteroatoms. The van der Waals surface area contributed by atoms with Crippen LogP contribution in [0.4, 0.5) is 0 Å². The van der Waals surface area contributed by atoms with E-state index in [1.54, 1.807) is 0 Å². The first kappa shape index (κ1) is 14.9. The van der Waals surface area contributed by atoms with Crippen molar-refractivity contribution in [1.82, 2.24) is 10.2 Å². The maximum atomic E-state index is 5.58. The average Bonchev–Trinajstić information content (AvgIpc) is 2.29. The lowest BCUT2D eigenvalue weighted by Gasteiger charge is -2.41. The van der Waals surface area contributed by atoms with Gasteiger partial charge in [0.1, 0.15) is 0 Å². The van der Waals surface area contributed by atoms with E-state index in [4.69, 9.17) is 4.74 Å². The Morgan fingerprint density at radius 2 is 2.06 bits per heavy atom. The van der Waals surface area contributed by atoms with E-state index in [-0.39, 0.29) is 5.54 Å². The summed E-state index contributed by atoms with van der Waals surface area (Å²) in [5.41, 5.74) is 0.210. The molecule has 0 aromatic carbocycles. The van der Waals surface area contributed by atoms with Gasteiger partial charge >= 0.3 is 0 Å². The van der Waals surface area contributed by atoms with Crippen molar-refractivity contribution >= 4 is 0 Å². The van der Waals surface area contributed by atoms with Gasteiger partial charge in [0.15, 0.2) is 0 Å². The van der Waals surface area contributed by atoms with Gasteiger partial charge in [-0.1, -0.05) is 13.8 Å². The van der Waals surface area contributed by atoms with Crippen molar-refractivity contribution in [3.8, 4) is 0 Å². The Kier molecular flexibility index (Phi) is 5.90. The molecule has 0 saturated carbocycles. The SMILES string of the molecule is CCC(CNC(C)(C)C)N1CCOCC1CC. The van der Waals surface area contributed by atoms with Crippen LogP contribution in [0, 0.1) is 0 Å². The summed E-state index contributed by atoms with van der Waals surface area (Å²) in [6.45, 7) is 15.2. The fourth-order valence-electron chi connectivity index (χ4n) is 2.42. The van der Waals surface area contributed by atoms with Crippen LogP contribution >= 0.6 is 0 Å². The van der Waals surface area contributed by atoms with Crippen molar-refractivity contribution in [2.45, 2.75) is 65.1 Å². The minimum Gasteiger partial charge on any atom is -0.378 e. The van der Waals surface area contributed by atoms with Crippen LogP contribution in [0.1, 0.15) is 47.5 Å². The summed E-state index contributed by atoms with van der Waals surface area (Å²) in [5, 5.41) is 3.63. The van der Waals surface area contributed by atoms with Crippen LogP contribution in [-0.2, 0) is 4.74 Å². The van der Waals surface area contributed by atoms with Crippen LogP contribution in [0.15, 0.2) is 0 Å².